The number of phosphoric ester groups is 1. The van der Waals surface area contributed by atoms with Crippen LogP contribution in [-0.4, -0.2) is 29.2 Å². The summed E-state index contributed by atoms with van der Waals surface area (Å²) in [4.78, 5) is 23.9. The van der Waals surface area contributed by atoms with Crippen LogP contribution in [0.5, 0.6) is 0 Å². The topological polar surface area (TPSA) is 102 Å². The zero-order valence-corrected chi connectivity index (χ0v) is 15.1. The van der Waals surface area contributed by atoms with Gasteiger partial charge in [0.05, 0.1) is 6.61 Å². The van der Waals surface area contributed by atoms with Gasteiger partial charge in [0.2, 0.25) is 0 Å². The van der Waals surface area contributed by atoms with Crippen LogP contribution in [0.25, 0.3) is 0 Å². The summed E-state index contributed by atoms with van der Waals surface area (Å²) >= 11 is 0. The molecule has 0 aliphatic heterocycles. The van der Waals surface area contributed by atoms with Crippen molar-refractivity contribution in [1.29, 1.82) is 0 Å². The quantitative estimate of drug-likeness (QED) is 0.160. The summed E-state index contributed by atoms with van der Waals surface area (Å²) in [5, 5.41) is 9.61. The monoisotopic (exact) mass is 373 g/mol. The number of unbranched alkanes of at least 4 members (excludes halogenated alkanes) is 4. The summed E-state index contributed by atoms with van der Waals surface area (Å²) in [6.07, 6.45) is 5.38. The second-order valence-corrected chi connectivity index (χ2v) is 6.96. The fourth-order valence-corrected chi connectivity index (χ4v) is 2.73. The minimum Gasteiger partial charge on any atom is -0.366 e. The predicted octanol–water partition coefficient (Wildman–Crippen LogP) is 3.45. The third-order valence-electron chi connectivity index (χ3n) is 3.44. The van der Waals surface area contributed by atoms with Crippen LogP contribution in [-0.2, 0) is 29.9 Å². The number of hydrogen-bond acceptors (Lipinski definition) is 6. The van der Waals surface area contributed by atoms with Crippen LogP contribution in [0.1, 0.15) is 50.5 Å². The molecule has 1 rings (SSSR count). The summed E-state index contributed by atoms with van der Waals surface area (Å²) < 4.78 is 20.5. The molecule has 2 unspecified atom stereocenters. The van der Waals surface area contributed by atoms with Gasteiger partial charge in [0.15, 0.2) is 12.6 Å². The van der Waals surface area contributed by atoms with Crippen molar-refractivity contribution in [2.45, 2.75) is 57.7 Å². The molecule has 0 heterocycles. The molecule has 0 spiro atoms. The highest BCUT2D eigenvalue weighted by Crippen LogP contribution is 2.43. The van der Waals surface area contributed by atoms with Gasteiger partial charge in [-0.05, 0) is 37.7 Å². The third-order valence-corrected chi connectivity index (χ3v) is 4.22. The highest BCUT2D eigenvalue weighted by atomic mass is 31.2. The number of aliphatic hydroxyl groups is 1. The lowest BCUT2D eigenvalue weighted by molar-refractivity contribution is -0.317. The summed E-state index contributed by atoms with van der Waals surface area (Å²) in [5.74, 6) is 0. The van der Waals surface area contributed by atoms with Crippen LogP contribution in [0.3, 0.4) is 0 Å². The Balaban J connectivity index is 2.06. The van der Waals surface area contributed by atoms with Crippen molar-refractivity contribution < 1.29 is 33.4 Å². The number of benzene rings is 1. The molecule has 0 aliphatic rings. The molecule has 0 aliphatic carbocycles. The van der Waals surface area contributed by atoms with E-state index in [0.29, 0.717) is 32.1 Å². The van der Waals surface area contributed by atoms with Crippen LogP contribution in [0.4, 0.5) is 0 Å². The zero-order chi connectivity index (χ0) is 18.4. The molecule has 1 aromatic carbocycles. The van der Waals surface area contributed by atoms with Crippen LogP contribution in [0.15, 0.2) is 30.3 Å². The van der Waals surface area contributed by atoms with Crippen molar-refractivity contribution in [3.8, 4) is 0 Å². The van der Waals surface area contributed by atoms with E-state index >= 15 is 0 Å². The lowest BCUT2D eigenvalue weighted by Crippen LogP contribution is -2.12. The molecule has 0 amide bonds. The van der Waals surface area contributed by atoms with E-state index in [1.165, 1.54) is 5.56 Å². The first-order valence-corrected chi connectivity index (χ1v) is 9.92. The minimum absolute atomic E-state index is 0.00314. The third kappa shape index (κ3) is 12.0. The first-order valence-electron chi connectivity index (χ1n) is 8.43. The van der Waals surface area contributed by atoms with E-state index < -0.39 is 14.1 Å². The van der Waals surface area contributed by atoms with E-state index in [9.17, 15) is 19.4 Å². The molecular formula is C17H26O7P. The molecular weight excluding hydrogens is 347 g/mol. The molecule has 2 N–H and O–H groups in total. The second-order valence-electron chi connectivity index (χ2n) is 5.61. The van der Waals surface area contributed by atoms with Gasteiger partial charge in [-0.25, -0.2) is 4.57 Å². The molecule has 0 saturated carbocycles. The predicted molar refractivity (Wildman–Crippen MR) is 92.1 cm³/mol. The number of carbonyl (C=O) groups excluding carboxylic acids is 1. The molecule has 0 bridgehead atoms. The Bertz CT molecular complexity index is 509. The summed E-state index contributed by atoms with van der Waals surface area (Å²) in [7, 11) is -4.35. The van der Waals surface area contributed by atoms with Crippen molar-refractivity contribution >= 4 is 14.1 Å². The number of aryl methyl sites for hydroxylation is 1. The first kappa shape index (κ1) is 22.0. The van der Waals surface area contributed by atoms with Gasteiger partial charge in [0.1, 0.15) is 0 Å². The lowest BCUT2D eigenvalue weighted by atomic mass is 10.1. The van der Waals surface area contributed by atoms with E-state index in [2.05, 4.69) is 9.56 Å². The van der Waals surface area contributed by atoms with Crippen LogP contribution in [0.2, 0.25) is 0 Å². The van der Waals surface area contributed by atoms with Crippen molar-refractivity contribution in [2.75, 3.05) is 6.61 Å². The number of aliphatic hydroxyl groups excluding tert-OH is 1. The van der Waals surface area contributed by atoms with Gasteiger partial charge >= 0.3 is 7.82 Å². The Morgan fingerprint density at radius 3 is 2.56 bits per heavy atom. The molecule has 8 heteroatoms. The Kier molecular flexibility index (Phi) is 11.6. The maximum atomic E-state index is 11.5. The fraction of sp³-hybridized carbons (Fsp3) is 0.588. The lowest BCUT2D eigenvalue weighted by Gasteiger charge is -2.14. The van der Waals surface area contributed by atoms with Gasteiger partial charge in [-0.2, -0.15) is 4.89 Å². The van der Waals surface area contributed by atoms with E-state index in [-0.39, 0.29) is 13.0 Å². The largest absolute Gasteiger partial charge is 0.499 e. The average molecular weight is 373 g/mol. The first-order chi connectivity index (χ1) is 12.0. The second kappa shape index (κ2) is 13.2. The molecule has 0 saturated heterocycles. The normalized spacial score (nSPS) is 14.8. The molecule has 1 aromatic rings. The molecule has 1 radical (unpaired) electrons. The highest BCUT2D eigenvalue weighted by molar-refractivity contribution is 7.47. The maximum Gasteiger partial charge on any atom is 0.499 e. The van der Waals surface area contributed by atoms with Gasteiger partial charge in [0.25, 0.3) is 0 Å². The van der Waals surface area contributed by atoms with Crippen molar-refractivity contribution in [3.63, 3.8) is 0 Å². The van der Waals surface area contributed by atoms with E-state index in [1.807, 2.05) is 30.3 Å². The molecule has 7 nitrogen and oxygen atoms in total. The van der Waals surface area contributed by atoms with Crippen molar-refractivity contribution in [2.24, 2.45) is 0 Å². The minimum atomic E-state index is -4.35. The van der Waals surface area contributed by atoms with E-state index in [0.717, 1.165) is 12.8 Å². The SMILES string of the molecule is O=[C]CCCCCOP(=O)(O)OOC(O)CCCCc1ccccc1. The molecule has 25 heavy (non-hydrogen) atoms. The van der Waals surface area contributed by atoms with Crippen LogP contribution < -0.4 is 0 Å². The van der Waals surface area contributed by atoms with Crippen molar-refractivity contribution in [3.05, 3.63) is 35.9 Å². The van der Waals surface area contributed by atoms with E-state index in [1.54, 1.807) is 6.29 Å². The molecule has 0 fully saturated rings. The Hall–Kier alpha value is -1.08. The Morgan fingerprint density at radius 1 is 1.08 bits per heavy atom. The van der Waals surface area contributed by atoms with Gasteiger partial charge in [-0.15, -0.1) is 4.67 Å². The smallest absolute Gasteiger partial charge is 0.366 e. The fourth-order valence-electron chi connectivity index (χ4n) is 2.12. The van der Waals surface area contributed by atoms with Gasteiger partial charge in [0, 0.05) is 12.8 Å². The summed E-state index contributed by atoms with van der Waals surface area (Å²) in [6, 6.07) is 9.97. The Labute approximate surface area is 148 Å². The van der Waals surface area contributed by atoms with Gasteiger partial charge in [-0.1, -0.05) is 36.8 Å². The molecule has 2 atom stereocenters. The zero-order valence-electron chi connectivity index (χ0n) is 14.2. The van der Waals surface area contributed by atoms with Crippen LogP contribution >= 0.6 is 7.82 Å². The molecule has 0 aromatic heterocycles. The standard InChI is InChI=1S/C17H26O7P/c18-14-8-1-2-9-15-22-25(20,21)24-23-17(19)13-7-6-12-16-10-4-3-5-11-16/h3-5,10-11,17,19H,1-2,6-9,12-13,15H2,(H,20,21). The average Bonchev–Trinajstić information content (AvgIpc) is 2.61. The Morgan fingerprint density at radius 2 is 1.84 bits per heavy atom. The van der Waals surface area contributed by atoms with Crippen LogP contribution in [0, 0.1) is 0 Å². The summed E-state index contributed by atoms with van der Waals surface area (Å²) in [6.45, 7) is 0.00314. The maximum absolute atomic E-state index is 11.5. The molecule has 141 valence electrons. The number of phosphoric acid groups is 1. The van der Waals surface area contributed by atoms with E-state index in [4.69, 9.17) is 4.52 Å². The van der Waals surface area contributed by atoms with Gasteiger partial charge < -0.3 is 10.00 Å². The summed E-state index contributed by atoms with van der Waals surface area (Å²) in [5.41, 5.74) is 1.22. The number of rotatable bonds is 15. The van der Waals surface area contributed by atoms with Gasteiger partial charge in [-0.3, -0.25) is 9.32 Å². The van der Waals surface area contributed by atoms with Crippen molar-refractivity contribution in [1.82, 2.24) is 0 Å². The highest BCUT2D eigenvalue weighted by Gasteiger charge is 2.24. The number of hydrogen-bond donors (Lipinski definition) is 2.